The molecule has 2 amide bonds. The van der Waals surface area contributed by atoms with Gasteiger partial charge in [0.15, 0.2) is 11.6 Å². The van der Waals surface area contributed by atoms with E-state index in [-0.39, 0.29) is 12.1 Å². The lowest BCUT2D eigenvalue weighted by atomic mass is 10.0. The number of aromatic nitrogens is 2. The first-order valence-corrected chi connectivity index (χ1v) is 9.06. The number of aryl methyl sites for hydroxylation is 1. The van der Waals surface area contributed by atoms with Gasteiger partial charge in [-0.1, -0.05) is 6.07 Å². The summed E-state index contributed by atoms with van der Waals surface area (Å²) >= 11 is 0. The molecule has 2 aromatic rings. The van der Waals surface area contributed by atoms with Crippen molar-refractivity contribution in [3.63, 3.8) is 0 Å². The Bertz CT molecular complexity index is 786. The van der Waals surface area contributed by atoms with E-state index < -0.39 is 11.6 Å². The largest absolute Gasteiger partial charge is 0.335 e. The molecule has 27 heavy (non-hydrogen) atoms. The van der Waals surface area contributed by atoms with Crippen molar-refractivity contribution in [2.24, 2.45) is 7.05 Å². The van der Waals surface area contributed by atoms with Crippen LogP contribution >= 0.6 is 0 Å². The second kappa shape index (κ2) is 8.47. The Labute approximate surface area is 157 Å². The number of likely N-dealkylation sites (tertiary alicyclic amines) is 1. The summed E-state index contributed by atoms with van der Waals surface area (Å²) in [4.78, 5) is 16.2. The third-order valence-electron chi connectivity index (χ3n) is 4.83. The van der Waals surface area contributed by atoms with Crippen LogP contribution in [-0.2, 0) is 20.1 Å². The van der Waals surface area contributed by atoms with Gasteiger partial charge in [0.1, 0.15) is 0 Å². The fraction of sp³-hybridized carbons (Fsp3) is 0.474. The molecule has 0 bridgehead atoms. The number of nitrogens with zero attached hydrogens (tertiary/aromatic N) is 4. The van der Waals surface area contributed by atoms with Crippen molar-refractivity contribution < 1.29 is 13.6 Å². The molecule has 1 saturated heterocycles. The molecule has 1 N–H and O–H groups in total. The average Bonchev–Trinajstić information content (AvgIpc) is 3.04. The van der Waals surface area contributed by atoms with Gasteiger partial charge in [-0.2, -0.15) is 5.10 Å². The Balaban J connectivity index is 1.43. The number of carbonyl (C=O) groups is 1. The zero-order valence-corrected chi connectivity index (χ0v) is 15.7. The molecule has 0 atom stereocenters. The van der Waals surface area contributed by atoms with Crippen molar-refractivity contribution >= 4 is 6.03 Å². The minimum Gasteiger partial charge on any atom is -0.335 e. The smallest absolute Gasteiger partial charge is 0.317 e. The third kappa shape index (κ3) is 5.26. The van der Waals surface area contributed by atoms with Crippen LogP contribution in [0.15, 0.2) is 30.6 Å². The fourth-order valence-corrected chi connectivity index (χ4v) is 3.32. The number of urea groups is 1. The van der Waals surface area contributed by atoms with Crippen LogP contribution in [0.25, 0.3) is 0 Å². The lowest BCUT2D eigenvalue weighted by molar-refractivity contribution is 0.173. The maximum Gasteiger partial charge on any atom is 0.317 e. The van der Waals surface area contributed by atoms with E-state index in [1.165, 1.54) is 6.07 Å². The minimum absolute atomic E-state index is 0.0992. The molecule has 1 fully saturated rings. The van der Waals surface area contributed by atoms with Gasteiger partial charge < -0.3 is 10.2 Å². The molecule has 0 spiro atoms. The van der Waals surface area contributed by atoms with Crippen LogP contribution in [0.5, 0.6) is 0 Å². The zero-order valence-electron chi connectivity index (χ0n) is 15.7. The first-order chi connectivity index (χ1) is 12.9. The number of piperidine rings is 1. The summed E-state index contributed by atoms with van der Waals surface area (Å²) in [5.74, 6) is -1.64. The van der Waals surface area contributed by atoms with E-state index in [2.05, 4.69) is 15.3 Å². The van der Waals surface area contributed by atoms with E-state index >= 15 is 0 Å². The Hall–Kier alpha value is -2.48. The van der Waals surface area contributed by atoms with E-state index in [1.54, 1.807) is 28.9 Å². The number of hydrogen-bond donors (Lipinski definition) is 1. The normalized spacial score (nSPS) is 15.7. The molecule has 3 rings (SSSR count). The topological polar surface area (TPSA) is 53.4 Å². The first-order valence-electron chi connectivity index (χ1n) is 9.06. The molecule has 1 aromatic carbocycles. The monoisotopic (exact) mass is 377 g/mol. The molecule has 1 aliphatic heterocycles. The second-order valence-electron chi connectivity index (χ2n) is 7.13. The quantitative estimate of drug-likeness (QED) is 0.871. The Kier molecular flexibility index (Phi) is 6.05. The summed E-state index contributed by atoms with van der Waals surface area (Å²) in [7, 11) is 3.61. The summed E-state index contributed by atoms with van der Waals surface area (Å²) in [5, 5.41) is 7.18. The van der Waals surface area contributed by atoms with E-state index in [0.717, 1.165) is 43.1 Å². The highest BCUT2D eigenvalue weighted by atomic mass is 19.2. The van der Waals surface area contributed by atoms with Crippen molar-refractivity contribution in [3.8, 4) is 0 Å². The van der Waals surface area contributed by atoms with Crippen molar-refractivity contribution in [3.05, 3.63) is 53.4 Å². The predicted octanol–water partition coefficient (Wildman–Crippen LogP) is 2.50. The average molecular weight is 377 g/mol. The van der Waals surface area contributed by atoms with Gasteiger partial charge in [0, 0.05) is 51.5 Å². The Morgan fingerprint density at radius 1 is 1.26 bits per heavy atom. The highest BCUT2D eigenvalue weighted by Gasteiger charge is 2.22. The number of carbonyl (C=O) groups excluding carboxylic acids is 1. The molecule has 8 heteroatoms. The number of halogens is 2. The van der Waals surface area contributed by atoms with Gasteiger partial charge in [0.05, 0.1) is 12.7 Å². The van der Waals surface area contributed by atoms with Crippen LogP contribution in [0.1, 0.15) is 24.0 Å². The Morgan fingerprint density at radius 2 is 2.00 bits per heavy atom. The molecule has 1 aromatic heterocycles. The maximum absolute atomic E-state index is 13.3. The standard InChI is InChI=1S/C19H25F2N5O/c1-24(11-15-10-22-25(2)12-15)19(27)23-16-5-7-26(8-6-16)13-14-3-4-17(20)18(21)9-14/h3-4,9-10,12,16H,5-8,11,13H2,1-2H3,(H,23,27). The van der Waals surface area contributed by atoms with Crippen molar-refractivity contribution in [1.29, 1.82) is 0 Å². The molecular formula is C19H25F2N5O. The summed E-state index contributed by atoms with van der Waals surface area (Å²) in [6.45, 7) is 2.69. The fourth-order valence-electron chi connectivity index (χ4n) is 3.32. The summed E-state index contributed by atoms with van der Waals surface area (Å²) < 4.78 is 28.0. The van der Waals surface area contributed by atoms with Crippen LogP contribution < -0.4 is 5.32 Å². The highest BCUT2D eigenvalue weighted by Crippen LogP contribution is 2.16. The third-order valence-corrected chi connectivity index (χ3v) is 4.83. The zero-order chi connectivity index (χ0) is 19.4. The summed E-state index contributed by atoms with van der Waals surface area (Å²) in [6.07, 6.45) is 5.30. The molecule has 2 heterocycles. The van der Waals surface area contributed by atoms with Gasteiger partial charge in [-0.15, -0.1) is 0 Å². The number of hydrogen-bond acceptors (Lipinski definition) is 3. The number of rotatable bonds is 5. The van der Waals surface area contributed by atoms with E-state index in [9.17, 15) is 13.6 Å². The molecule has 6 nitrogen and oxygen atoms in total. The maximum atomic E-state index is 13.3. The molecule has 0 aliphatic carbocycles. The van der Waals surface area contributed by atoms with Crippen LogP contribution in [0.3, 0.4) is 0 Å². The van der Waals surface area contributed by atoms with Gasteiger partial charge in [0.2, 0.25) is 0 Å². The molecule has 0 unspecified atom stereocenters. The second-order valence-corrected chi connectivity index (χ2v) is 7.13. The summed E-state index contributed by atoms with van der Waals surface area (Å²) in [5.41, 5.74) is 1.74. The summed E-state index contributed by atoms with van der Waals surface area (Å²) in [6, 6.07) is 4.04. The number of benzene rings is 1. The molecule has 0 saturated carbocycles. The van der Waals surface area contributed by atoms with Crippen LogP contribution in [0.2, 0.25) is 0 Å². The molecule has 0 radical (unpaired) electrons. The van der Waals surface area contributed by atoms with E-state index in [4.69, 9.17) is 0 Å². The van der Waals surface area contributed by atoms with E-state index in [1.807, 2.05) is 13.2 Å². The highest BCUT2D eigenvalue weighted by molar-refractivity contribution is 5.74. The molecule has 1 aliphatic rings. The van der Waals surface area contributed by atoms with Gasteiger partial charge in [-0.3, -0.25) is 9.58 Å². The Morgan fingerprint density at radius 3 is 2.63 bits per heavy atom. The first kappa shape index (κ1) is 19.3. The van der Waals surface area contributed by atoms with Crippen LogP contribution in [0, 0.1) is 11.6 Å². The van der Waals surface area contributed by atoms with E-state index in [0.29, 0.717) is 13.1 Å². The minimum atomic E-state index is -0.824. The van der Waals surface area contributed by atoms with Gasteiger partial charge >= 0.3 is 6.03 Å². The predicted molar refractivity (Wildman–Crippen MR) is 97.9 cm³/mol. The van der Waals surface area contributed by atoms with Crippen molar-refractivity contribution in [2.75, 3.05) is 20.1 Å². The number of nitrogens with one attached hydrogen (secondary N) is 1. The van der Waals surface area contributed by atoms with Crippen molar-refractivity contribution in [1.82, 2.24) is 24.9 Å². The van der Waals surface area contributed by atoms with Crippen molar-refractivity contribution in [2.45, 2.75) is 32.0 Å². The van der Waals surface area contributed by atoms with Gasteiger partial charge in [-0.25, -0.2) is 13.6 Å². The molecular weight excluding hydrogens is 352 g/mol. The van der Waals surface area contributed by atoms with Crippen LogP contribution in [0.4, 0.5) is 13.6 Å². The lowest BCUT2D eigenvalue weighted by Gasteiger charge is -2.33. The lowest BCUT2D eigenvalue weighted by Crippen LogP contribution is -2.48. The van der Waals surface area contributed by atoms with Gasteiger partial charge in [-0.05, 0) is 30.5 Å². The molecule has 146 valence electrons. The van der Waals surface area contributed by atoms with Gasteiger partial charge in [0.25, 0.3) is 0 Å². The SMILES string of the molecule is CN(Cc1cnn(C)c1)C(=O)NC1CCN(Cc2ccc(F)c(F)c2)CC1. The number of amides is 2. The van der Waals surface area contributed by atoms with Crippen LogP contribution in [-0.4, -0.2) is 51.8 Å².